The van der Waals surface area contributed by atoms with Crippen LogP contribution >= 0.6 is 11.3 Å². The van der Waals surface area contributed by atoms with Crippen LogP contribution in [-0.2, 0) is 11.3 Å². The van der Waals surface area contributed by atoms with Gasteiger partial charge in [0.05, 0.1) is 37.1 Å². The van der Waals surface area contributed by atoms with Crippen LogP contribution in [0, 0.1) is 0 Å². The van der Waals surface area contributed by atoms with Crippen molar-refractivity contribution in [2.24, 2.45) is 0 Å². The number of thiazole rings is 1. The Morgan fingerprint density at radius 1 is 1.23 bits per heavy atom. The molecule has 6 heteroatoms. The molecule has 0 atom stereocenters. The van der Waals surface area contributed by atoms with Crippen molar-refractivity contribution in [3.63, 3.8) is 0 Å². The third kappa shape index (κ3) is 3.28. The van der Waals surface area contributed by atoms with Gasteiger partial charge in [0, 0.05) is 10.9 Å². The number of benzene rings is 2. The van der Waals surface area contributed by atoms with Gasteiger partial charge in [-0.3, -0.25) is 0 Å². The van der Waals surface area contributed by atoms with Crippen molar-refractivity contribution in [1.82, 2.24) is 4.98 Å². The summed E-state index contributed by atoms with van der Waals surface area (Å²) in [4.78, 5) is 18.6. The first kappa shape index (κ1) is 16.6. The number of fused-ring (bicyclic) bond motifs is 1. The van der Waals surface area contributed by atoms with Gasteiger partial charge in [-0.15, -0.1) is 11.3 Å². The molecule has 0 radical (unpaired) electrons. The molecule has 1 aliphatic heterocycles. The SMILES string of the molecule is COC(=O)c1ccc(-c2nc(CN3CCOc4ccccc43)cs2)cc1. The minimum atomic E-state index is -0.331. The zero-order chi connectivity index (χ0) is 17.9. The molecule has 0 amide bonds. The van der Waals surface area contributed by atoms with Crippen LogP contribution in [0.3, 0.4) is 0 Å². The van der Waals surface area contributed by atoms with E-state index >= 15 is 0 Å². The quantitative estimate of drug-likeness (QED) is 0.654. The molecule has 2 aromatic carbocycles. The number of aromatic nitrogens is 1. The smallest absolute Gasteiger partial charge is 0.337 e. The number of ether oxygens (including phenoxy) is 2. The highest BCUT2D eigenvalue weighted by Crippen LogP contribution is 2.32. The summed E-state index contributed by atoms with van der Waals surface area (Å²) in [6.45, 7) is 2.28. The Hall–Kier alpha value is -2.86. The molecule has 0 fully saturated rings. The van der Waals surface area contributed by atoms with Gasteiger partial charge in [-0.25, -0.2) is 9.78 Å². The van der Waals surface area contributed by atoms with E-state index in [9.17, 15) is 4.79 Å². The molecule has 0 aliphatic carbocycles. The van der Waals surface area contributed by atoms with Gasteiger partial charge in [-0.05, 0) is 24.3 Å². The topological polar surface area (TPSA) is 51.7 Å². The van der Waals surface area contributed by atoms with Gasteiger partial charge < -0.3 is 14.4 Å². The molecular formula is C20H18N2O3S. The molecule has 132 valence electrons. The van der Waals surface area contributed by atoms with Gasteiger partial charge in [0.25, 0.3) is 0 Å². The standard InChI is InChI=1S/C20H18N2O3S/c1-24-20(23)15-8-6-14(7-9-15)19-21-16(13-26-19)12-22-10-11-25-18-5-3-2-4-17(18)22/h2-9,13H,10-12H2,1H3. The van der Waals surface area contributed by atoms with Crippen LogP contribution < -0.4 is 9.64 Å². The van der Waals surface area contributed by atoms with Gasteiger partial charge in [0.1, 0.15) is 17.4 Å². The summed E-state index contributed by atoms with van der Waals surface area (Å²) < 4.78 is 10.4. The molecule has 0 bridgehead atoms. The maximum absolute atomic E-state index is 11.5. The fourth-order valence-corrected chi connectivity index (χ4v) is 3.78. The van der Waals surface area contributed by atoms with Crippen LogP contribution in [0.1, 0.15) is 16.1 Å². The molecule has 0 spiro atoms. The Morgan fingerprint density at radius 2 is 2.04 bits per heavy atom. The number of rotatable bonds is 4. The van der Waals surface area contributed by atoms with Crippen LogP contribution in [0.15, 0.2) is 53.9 Å². The average molecular weight is 366 g/mol. The number of para-hydroxylation sites is 2. The Kier molecular flexibility index (Phi) is 4.58. The summed E-state index contributed by atoms with van der Waals surface area (Å²) in [6, 6.07) is 15.4. The van der Waals surface area contributed by atoms with Gasteiger partial charge >= 0.3 is 5.97 Å². The van der Waals surface area contributed by atoms with E-state index in [4.69, 9.17) is 14.5 Å². The van der Waals surface area contributed by atoms with E-state index in [-0.39, 0.29) is 5.97 Å². The molecule has 4 rings (SSSR count). The number of methoxy groups -OCH3 is 1. The van der Waals surface area contributed by atoms with E-state index < -0.39 is 0 Å². The van der Waals surface area contributed by atoms with E-state index in [0.29, 0.717) is 12.2 Å². The number of carbonyl (C=O) groups excluding carboxylic acids is 1. The predicted octanol–water partition coefficient (Wildman–Crippen LogP) is 4.00. The third-order valence-corrected chi connectivity index (χ3v) is 5.22. The van der Waals surface area contributed by atoms with Crippen LogP contribution in [-0.4, -0.2) is 31.2 Å². The van der Waals surface area contributed by atoms with Crippen LogP contribution in [0.4, 0.5) is 5.69 Å². The van der Waals surface area contributed by atoms with Crippen molar-refractivity contribution >= 4 is 23.0 Å². The van der Waals surface area contributed by atoms with Gasteiger partial charge in [-0.1, -0.05) is 24.3 Å². The highest BCUT2D eigenvalue weighted by molar-refractivity contribution is 7.13. The fourth-order valence-electron chi connectivity index (χ4n) is 2.97. The first-order valence-corrected chi connectivity index (χ1v) is 9.22. The number of carbonyl (C=O) groups is 1. The number of nitrogens with zero attached hydrogens (tertiary/aromatic N) is 2. The minimum Gasteiger partial charge on any atom is -0.490 e. The highest BCUT2D eigenvalue weighted by Gasteiger charge is 2.18. The molecule has 1 aromatic heterocycles. The van der Waals surface area contributed by atoms with Crippen molar-refractivity contribution < 1.29 is 14.3 Å². The second-order valence-corrected chi connectivity index (χ2v) is 6.81. The lowest BCUT2D eigenvalue weighted by Gasteiger charge is -2.30. The van der Waals surface area contributed by atoms with Gasteiger partial charge in [-0.2, -0.15) is 0 Å². The van der Waals surface area contributed by atoms with Crippen molar-refractivity contribution in [2.45, 2.75) is 6.54 Å². The summed E-state index contributed by atoms with van der Waals surface area (Å²) in [5.74, 6) is 0.593. The summed E-state index contributed by atoms with van der Waals surface area (Å²) in [5.41, 5.74) is 3.67. The Bertz CT molecular complexity index is 921. The summed E-state index contributed by atoms with van der Waals surface area (Å²) in [5, 5.41) is 3.03. The molecule has 0 saturated carbocycles. The zero-order valence-electron chi connectivity index (χ0n) is 14.3. The minimum absolute atomic E-state index is 0.331. The molecule has 26 heavy (non-hydrogen) atoms. The lowest BCUT2D eigenvalue weighted by Crippen LogP contribution is -2.32. The van der Waals surface area contributed by atoms with Gasteiger partial charge in [0.2, 0.25) is 0 Å². The maximum Gasteiger partial charge on any atom is 0.337 e. The lowest BCUT2D eigenvalue weighted by atomic mass is 10.1. The first-order chi connectivity index (χ1) is 12.7. The monoisotopic (exact) mass is 366 g/mol. The number of esters is 1. The molecule has 3 aromatic rings. The van der Waals surface area contributed by atoms with Gasteiger partial charge in [0.15, 0.2) is 0 Å². The fraction of sp³-hybridized carbons (Fsp3) is 0.200. The summed E-state index contributed by atoms with van der Waals surface area (Å²) in [6.07, 6.45) is 0. The third-order valence-electron chi connectivity index (χ3n) is 4.28. The van der Waals surface area contributed by atoms with Crippen LogP contribution in [0.2, 0.25) is 0 Å². The Morgan fingerprint density at radius 3 is 2.85 bits per heavy atom. The first-order valence-electron chi connectivity index (χ1n) is 8.34. The van der Waals surface area contributed by atoms with Crippen molar-refractivity contribution in [1.29, 1.82) is 0 Å². The van der Waals surface area contributed by atoms with E-state index in [1.165, 1.54) is 7.11 Å². The molecule has 0 unspecified atom stereocenters. The van der Waals surface area contributed by atoms with E-state index in [1.807, 2.05) is 30.3 Å². The van der Waals surface area contributed by atoms with Crippen LogP contribution in [0.25, 0.3) is 10.6 Å². The van der Waals surface area contributed by atoms with Crippen molar-refractivity contribution in [2.75, 3.05) is 25.2 Å². The second-order valence-electron chi connectivity index (χ2n) is 5.95. The van der Waals surface area contributed by atoms with E-state index in [0.717, 1.165) is 40.8 Å². The molecule has 2 heterocycles. The van der Waals surface area contributed by atoms with E-state index in [2.05, 4.69) is 16.3 Å². The number of hydrogen-bond donors (Lipinski definition) is 0. The molecule has 0 saturated heterocycles. The maximum atomic E-state index is 11.5. The predicted molar refractivity (Wildman–Crippen MR) is 102 cm³/mol. The zero-order valence-corrected chi connectivity index (χ0v) is 15.2. The van der Waals surface area contributed by atoms with Crippen molar-refractivity contribution in [3.05, 3.63) is 65.2 Å². The Balaban J connectivity index is 1.51. The molecule has 1 aliphatic rings. The number of hydrogen-bond acceptors (Lipinski definition) is 6. The normalized spacial score (nSPS) is 13.0. The largest absolute Gasteiger partial charge is 0.490 e. The molecule has 5 nitrogen and oxygen atoms in total. The van der Waals surface area contributed by atoms with E-state index in [1.54, 1.807) is 23.5 Å². The van der Waals surface area contributed by atoms with Crippen molar-refractivity contribution in [3.8, 4) is 16.3 Å². The summed E-state index contributed by atoms with van der Waals surface area (Å²) >= 11 is 1.61. The Labute approximate surface area is 155 Å². The van der Waals surface area contributed by atoms with Crippen LogP contribution in [0.5, 0.6) is 5.75 Å². The highest BCUT2D eigenvalue weighted by atomic mass is 32.1. The number of anilines is 1. The molecule has 0 N–H and O–H groups in total. The average Bonchev–Trinajstić information content (AvgIpc) is 3.16. The summed E-state index contributed by atoms with van der Waals surface area (Å²) in [7, 11) is 1.38. The lowest BCUT2D eigenvalue weighted by molar-refractivity contribution is 0.0601. The molecular weight excluding hydrogens is 348 g/mol. The second kappa shape index (κ2) is 7.17.